The molecule has 0 saturated carbocycles. The molecule has 32 heavy (non-hydrogen) atoms. The maximum atomic E-state index is 13.4. The third-order valence-corrected chi connectivity index (χ3v) is 7.83. The van der Waals surface area contributed by atoms with E-state index in [0.29, 0.717) is 6.54 Å². The van der Waals surface area contributed by atoms with E-state index in [1.54, 1.807) is 28.4 Å². The topological polar surface area (TPSA) is 67.6 Å². The number of hydrogen-bond acceptors (Lipinski definition) is 5. The Bertz CT molecular complexity index is 1350. The molecule has 1 amide bonds. The molecule has 0 aliphatic heterocycles. The summed E-state index contributed by atoms with van der Waals surface area (Å²) in [7, 11) is -3.86. The van der Waals surface area contributed by atoms with Crippen LogP contribution >= 0.6 is 11.3 Å². The fourth-order valence-electron chi connectivity index (χ4n) is 3.28. The fourth-order valence-corrected chi connectivity index (χ4v) is 5.14. The van der Waals surface area contributed by atoms with Gasteiger partial charge in [-0.1, -0.05) is 29.8 Å². The first kappa shape index (κ1) is 22.0. The number of sulfone groups is 1. The summed E-state index contributed by atoms with van der Waals surface area (Å²) in [6, 6.07) is 19.0. The molecule has 0 N–H and O–H groups in total. The van der Waals surface area contributed by atoms with Crippen LogP contribution in [-0.2, 0) is 16.4 Å². The van der Waals surface area contributed by atoms with Crippen molar-refractivity contribution in [3.63, 3.8) is 0 Å². The van der Waals surface area contributed by atoms with Crippen LogP contribution in [0.25, 0.3) is 0 Å². The van der Waals surface area contributed by atoms with Gasteiger partial charge in [-0.05, 0) is 79.7 Å². The number of thiophene rings is 1. The first-order valence-electron chi connectivity index (χ1n) is 10.1. The summed E-state index contributed by atoms with van der Waals surface area (Å²) in [5.74, 6) is -0.419. The molecule has 0 bridgehead atoms. The van der Waals surface area contributed by atoms with Crippen LogP contribution in [0.3, 0.4) is 0 Å². The maximum Gasteiger partial charge on any atom is 0.294 e. The number of rotatable bonds is 6. The molecule has 0 atom stereocenters. The van der Waals surface area contributed by atoms with Crippen molar-refractivity contribution in [2.24, 2.45) is 0 Å². The Morgan fingerprint density at radius 2 is 1.69 bits per heavy atom. The van der Waals surface area contributed by atoms with Crippen molar-refractivity contribution in [3.8, 4) is 0 Å². The van der Waals surface area contributed by atoms with Gasteiger partial charge >= 0.3 is 0 Å². The van der Waals surface area contributed by atoms with Crippen LogP contribution in [0.15, 0.2) is 86.5 Å². The van der Waals surface area contributed by atoms with E-state index < -0.39 is 15.7 Å². The molecule has 2 heterocycles. The van der Waals surface area contributed by atoms with E-state index in [-0.39, 0.29) is 15.7 Å². The summed E-state index contributed by atoms with van der Waals surface area (Å²) in [6.45, 7) is 6.25. The van der Waals surface area contributed by atoms with Crippen molar-refractivity contribution in [2.75, 3.05) is 4.90 Å². The molecule has 2 aromatic heterocycles. The van der Waals surface area contributed by atoms with E-state index in [1.807, 2.05) is 56.5 Å². The Labute approximate surface area is 191 Å². The van der Waals surface area contributed by atoms with Crippen molar-refractivity contribution in [3.05, 3.63) is 99.4 Å². The highest BCUT2D eigenvalue weighted by atomic mass is 32.2. The summed E-state index contributed by atoms with van der Waals surface area (Å²) < 4.78 is 31.5. The zero-order valence-electron chi connectivity index (χ0n) is 18.0. The van der Waals surface area contributed by atoms with Gasteiger partial charge in [-0.25, -0.2) is 8.42 Å². The van der Waals surface area contributed by atoms with Crippen LogP contribution in [0.2, 0.25) is 0 Å². The zero-order valence-corrected chi connectivity index (χ0v) is 19.7. The van der Waals surface area contributed by atoms with E-state index in [2.05, 4.69) is 0 Å². The Morgan fingerprint density at radius 1 is 0.938 bits per heavy atom. The number of furan rings is 1. The number of carbonyl (C=O) groups is 1. The van der Waals surface area contributed by atoms with Gasteiger partial charge in [-0.2, -0.15) is 0 Å². The molecular formula is C25H23NO4S2. The lowest BCUT2D eigenvalue weighted by Gasteiger charge is -2.22. The van der Waals surface area contributed by atoms with Crippen molar-refractivity contribution in [1.29, 1.82) is 0 Å². The monoisotopic (exact) mass is 465 g/mol. The lowest BCUT2D eigenvalue weighted by atomic mass is 10.1. The molecule has 0 unspecified atom stereocenters. The number of carbonyl (C=O) groups excluding carboxylic acids is 1. The quantitative estimate of drug-likeness (QED) is 0.353. The highest BCUT2D eigenvalue weighted by molar-refractivity contribution is 7.91. The first-order chi connectivity index (χ1) is 15.3. The third-order valence-electron chi connectivity index (χ3n) is 5.33. The first-order valence-corrected chi connectivity index (χ1v) is 12.4. The average molecular weight is 466 g/mol. The van der Waals surface area contributed by atoms with Gasteiger partial charge in [0.05, 0.1) is 11.4 Å². The smallest absolute Gasteiger partial charge is 0.294 e. The van der Waals surface area contributed by atoms with E-state index in [1.165, 1.54) is 24.3 Å². The van der Waals surface area contributed by atoms with Gasteiger partial charge in [0.25, 0.3) is 5.91 Å². The molecule has 0 fully saturated rings. The van der Waals surface area contributed by atoms with Gasteiger partial charge in [0.1, 0.15) is 0 Å². The maximum absolute atomic E-state index is 13.4. The molecule has 2 aromatic carbocycles. The minimum atomic E-state index is -3.86. The lowest BCUT2D eigenvalue weighted by molar-refractivity contribution is 0.0953. The van der Waals surface area contributed by atoms with Crippen LogP contribution in [0, 0.1) is 20.8 Å². The number of aryl methyl sites for hydroxylation is 3. The Morgan fingerprint density at radius 3 is 2.34 bits per heavy atom. The minimum Gasteiger partial charge on any atom is -0.439 e. The predicted molar refractivity (Wildman–Crippen MR) is 126 cm³/mol. The molecule has 4 rings (SSSR count). The number of nitrogens with zero attached hydrogens (tertiary/aromatic N) is 1. The molecule has 7 heteroatoms. The standard InChI is InChI=1S/C25H23NO4S2/c1-17-6-10-22(11-7-17)32(28,29)24-13-12-23(30-24)25(27)26(16-21-5-4-14-31-21)20-9-8-18(2)19(3)15-20/h4-15H,16H2,1-3H3. The molecule has 164 valence electrons. The molecule has 0 radical (unpaired) electrons. The van der Waals surface area contributed by atoms with Gasteiger partial charge in [0.15, 0.2) is 5.76 Å². The van der Waals surface area contributed by atoms with Crippen molar-refractivity contribution in [1.82, 2.24) is 0 Å². The van der Waals surface area contributed by atoms with Gasteiger partial charge in [0, 0.05) is 10.6 Å². The van der Waals surface area contributed by atoms with E-state index in [0.717, 1.165) is 27.3 Å². The number of amides is 1. The third kappa shape index (κ3) is 4.40. The Hall–Kier alpha value is -3.16. The lowest BCUT2D eigenvalue weighted by Crippen LogP contribution is -2.30. The Kier molecular flexibility index (Phi) is 6.04. The summed E-state index contributed by atoms with van der Waals surface area (Å²) in [5.41, 5.74) is 3.87. The normalized spacial score (nSPS) is 11.5. The highest BCUT2D eigenvalue weighted by Crippen LogP contribution is 2.28. The second kappa shape index (κ2) is 8.76. The summed E-state index contributed by atoms with van der Waals surface area (Å²) >= 11 is 1.55. The minimum absolute atomic E-state index is 0.0227. The molecule has 0 spiro atoms. The van der Waals surface area contributed by atoms with E-state index in [9.17, 15) is 13.2 Å². The van der Waals surface area contributed by atoms with Crippen molar-refractivity contribution < 1.29 is 17.6 Å². The fraction of sp³-hybridized carbons (Fsp3) is 0.160. The largest absolute Gasteiger partial charge is 0.439 e. The number of hydrogen-bond donors (Lipinski definition) is 0. The van der Waals surface area contributed by atoms with Crippen LogP contribution in [0.1, 0.15) is 32.1 Å². The van der Waals surface area contributed by atoms with Crippen LogP contribution in [0.4, 0.5) is 5.69 Å². The van der Waals surface area contributed by atoms with Crippen LogP contribution in [-0.4, -0.2) is 14.3 Å². The second-order valence-corrected chi connectivity index (χ2v) is 10.6. The molecule has 0 saturated heterocycles. The summed E-state index contributed by atoms with van der Waals surface area (Å²) in [6.07, 6.45) is 0. The second-order valence-electron chi connectivity index (χ2n) is 7.67. The van der Waals surface area contributed by atoms with Crippen LogP contribution in [0.5, 0.6) is 0 Å². The Balaban J connectivity index is 1.69. The van der Waals surface area contributed by atoms with E-state index >= 15 is 0 Å². The van der Waals surface area contributed by atoms with Crippen LogP contribution < -0.4 is 4.90 Å². The predicted octanol–water partition coefficient (Wildman–Crippen LogP) is 5.95. The average Bonchev–Trinajstić information content (AvgIpc) is 3.46. The van der Waals surface area contributed by atoms with Gasteiger partial charge in [-0.15, -0.1) is 11.3 Å². The summed E-state index contributed by atoms with van der Waals surface area (Å²) in [4.78, 5) is 16.2. The van der Waals surface area contributed by atoms with Gasteiger partial charge in [-0.3, -0.25) is 4.79 Å². The highest BCUT2D eigenvalue weighted by Gasteiger charge is 2.27. The number of benzene rings is 2. The SMILES string of the molecule is Cc1ccc(S(=O)(=O)c2ccc(C(=O)N(Cc3cccs3)c3ccc(C)c(C)c3)o2)cc1. The van der Waals surface area contributed by atoms with Gasteiger partial charge in [0.2, 0.25) is 14.9 Å². The molecule has 0 aliphatic carbocycles. The zero-order chi connectivity index (χ0) is 22.9. The molecule has 0 aliphatic rings. The van der Waals surface area contributed by atoms with Gasteiger partial charge < -0.3 is 9.32 Å². The summed E-state index contributed by atoms with van der Waals surface area (Å²) in [5, 5.41) is 1.71. The molecule has 4 aromatic rings. The number of anilines is 1. The van der Waals surface area contributed by atoms with Crippen molar-refractivity contribution >= 4 is 32.8 Å². The van der Waals surface area contributed by atoms with Crippen molar-refractivity contribution in [2.45, 2.75) is 37.3 Å². The molecular weight excluding hydrogens is 442 g/mol. The molecule has 5 nitrogen and oxygen atoms in total. The van der Waals surface area contributed by atoms with E-state index in [4.69, 9.17) is 4.42 Å².